The molecule has 0 saturated carbocycles. The number of nitrogen functional groups attached to an aromatic ring is 1. The molecule has 180 valence electrons. The molecule has 1 saturated heterocycles. The SMILES string of the molecule is C.Nc1nccc2cc(CCC(=O)c3cnc(N4CCN(c5ccncc5)CC4)c(Cl)c3)ccc12. The number of benzene rings is 1. The van der Waals surface area contributed by atoms with E-state index < -0.39 is 0 Å². The lowest BCUT2D eigenvalue weighted by Crippen LogP contribution is -2.47. The number of fused-ring (bicyclic) bond motifs is 1. The van der Waals surface area contributed by atoms with Gasteiger partial charge in [-0.1, -0.05) is 37.2 Å². The first-order valence-corrected chi connectivity index (χ1v) is 11.7. The molecule has 1 aromatic carbocycles. The lowest BCUT2D eigenvalue weighted by Gasteiger charge is -2.37. The van der Waals surface area contributed by atoms with Crippen LogP contribution in [0.5, 0.6) is 0 Å². The van der Waals surface area contributed by atoms with Gasteiger partial charge >= 0.3 is 0 Å². The third kappa shape index (κ3) is 5.35. The van der Waals surface area contributed by atoms with Gasteiger partial charge in [0.25, 0.3) is 0 Å². The molecule has 4 aromatic rings. The molecule has 8 heteroatoms. The van der Waals surface area contributed by atoms with E-state index in [1.54, 1.807) is 18.5 Å². The predicted octanol–water partition coefficient (Wildman–Crippen LogP) is 5.04. The Morgan fingerprint density at radius 2 is 1.69 bits per heavy atom. The van der Waals surface area contributed by atoms with Crippen LogP contribution in [0.4, 0.5) is 17.3 Å². The third-order valence-electron chi connectivity index (χ3n) is 6.25. The van der Waals surface area contributed by atoms with E-state index in [1.165, 1.54) is 5.69 Å². The Morgan fingerprint density at radius 3 is 2.43 bits per heavy atom. The predicted molar refractivity (Wildman–Crippen MR) is 143 cm³/mol. The minimum absolute atomic E-state index is 0. The summed E-state index contributed by atoms with van der Waals surface area (Å²) in [4.78, 5) is 30.1. The minimum Gasteiger partial charge on any atom is -0.383 e. The quantitative estimate of drug-likeness (QED) is 0.380. The van der Waals surface area contributed by atoms with Crippen molar-refractivity contribution >= 4 is 45.5 Å². The summed E-state index contributed by atoms with van der Waals surface area (Å²) in [7, 11) is 0. The zero-order chi connectivity index (χ0) is 23.5. The van der Waals surface area contributed by atoms with Crippen LogP contribution in [0, 0.1) is 0 Å². The molecular formula is C27H29ClN6O. The minimum atomic E-state index is 0. The lowest BCUT2D eigenvalue weighted by molar-refractivity contribution is 0.0982. The van der Waals surface area contributed by atoms with Gasteiger partial charge in [0.1, 0.15) is 11.6 Å². The molecule has 5 rings (SSSR count). The smallest absolute Gasteiger partial charge is 0.164 e. The summed E-state index contributed by atoms with van der Waals surface area (Å²) in [5, 5.41) is 2.46. The van der Waals surface area contributed by atoms with E-state index in [4.69, 9.17) is 17.3 Å². The standard InChI is InChI=1S/C26H25ClN6O.CH4/c27-23-16-20(24(34)4-2-18-1-3-22-19(15-18)5-10-30-25(22)28)17-31-26(23)33-13-11-32(12-14-33)21-6-8-29-9-7-21;/h1,3,5-10,15-17H,2,4,11-14H2,(H2,28,30);1H4. The van der Waals surface area contributed by atoms with Crippen LogP contribution < -0.4 is 15.5 Å². The van der Waals surface area contributed by atoms with E-state index in [9.17, 15) is 4.79 Å². The van der Waals surface area contributed by atoms with Crippen molar-refractivity contribution in [1.82, 2.24) is 15.0 Å². The van der Waals surface area contributed by atoms with Crippen LogP contribution in [0.15, 0.2) is 67.3 Å². The first kappa shape index (κ1) is 24.4. The fourth-order valence-electron chi connectivity index (χ4n) is 4.36. The molecular weight excluding hydrogens is 460 g/mol. The van der Waals surface area contributed by atoms with Crippen LogP contribution in [0.2, 0.25) is 5.02 Å². The van der Waals surface area contributed by atoms with E-state index in [0.29, 0.717) is 29.2 Å². The van der Waals surface area contributed by atoms with Gasteiger partial charge in [0.2, 0.25) is 0 Å². The molecule has 1 fully saturated rings. The average Bonchev–Trinajstić information content (AvgIpc) is 2.88. The molecule has 0 unspecified atom stereocenters. The molecule has 4 heterocycles. The van der Waals surface area contributed by atoms with Gasteiger partial charge in [0.15, 0.2) is 5.78 Å². The number of hydrogen-bond donors (Lipinski definition) is 1. The molecule has 2 N–H and O–H groups in total. The number of rotatable bonds is 6. The summed E-state index contributed by atoms with van der Waals surface area (Å²) >= 11 is 6.56. The first-order chi connectivity index (χ1) is 16.6. The summed E-state index contributed by atoms with van der Waals surface area (Å²) in [5.41, 5.74) is 8.71. The highest BCUT2D eigenvalue weighted by Gasteiger charge is 2.21. The van der Waals surface area contributed by atoms with Crippen LogP contribution >= 0.6 is 11.6 Å². The van der Waals surface area contributed by atoms with Gasteiger partial charge in [0.05, 0.1) is 5.02 Å². The fourth-order valence-corrected chi connectivity index (χ4v) is 4.64. The van der Waals surface area contributed by atoms with Crippen molar-refractivity contribution in [2.24, 2.45) is 0 Å². The second kappa shape index (κ2) is 10.7. The Labute approximate surface area is 210 Å². The first-order valence-electron chi connectivity index (χ1n) is 11.3. The highest BCUT2D eigenvalue weighted by atomic mass is 35.5. The maximum absolute atomic E-state index is 12.8. The van der Waals surface area contributed by atoms with Crippen LogP contribution in [0.3, 0.4) is 0 Å². The van der Waals surface area contributed by atoms with Gasteiger partial charge in [-0.3, -0.25) is 9.78 Å². The van der Waals surface area contributed by atoms with Gasteiger partial charge in [-0.15, -0.1) is 0 Å². The summed E-state index contributed by atoms with van der Waals surface area (Å²) in [6.45, 7) is 3.36. The van der Waals surface area contributed by atoms with Crippen molar-refractivity contribution in [3.8, 4) is 0 Å². The molecule has 0 radical (unpaired) electrons. The van der Waals surface area contributed by atoms with Crippen molar-refractivity contribution in [2.45, 2.75) is 20.3 Å². The zero-order valence-electron chi connectivity index (χ0n) is 18.7. The van der Waals surface area contributed by atoms with Crippen LogP contribution in [0.25, 0.3) is 10.8 Å². The largest absolute Gasteiger partial charge is 0.383 e. The van der Waals surface area contributed by atoms with Crippen molar-refractivity contribution < 1.29 is 4.79 Å². The molecule has 0 spiro atoms. The molecule has 3 aromatic heterocycles. The van der Waals surface area contributed by atoms with Gasteiger partial charge in [-0.2, -0.15) is 0 Å². The number of halogens is 1. The normalized spacial score (nSPS) is 13.5. The number of Topliss-reactive ketones (excluding diaryl/α,β-unsaturated/α-hetero) is 1. The highest BCUT2D eigenvalue weighted by Crippen LogP contribution is 2.27. The lowest BCUT2D eigenvalue weighted by atomic mass is 10.0. The van der Waals surface area contributed by atoms with Crippen LogP contribution in [0.1, 0.15) is 29.8 Å². The third-order valence-corrected chi connectivity index (χ3v) is 6.53. The number of aromatic nitrogens is 3. The number of pyridine rings is 3. The monoisotopic (exact) mass is 488 g/mol. The average molecular weight is 489 g/mol. The van der Waals surface area contributed by atoms with Crippen LogP contribution in [-0.2, 0) is 6.42 Å². The Bertz CT molecular complexity index is 1320. The number of aryl methyl sites for hydroxylation is 1. The second-order valence-electron chi connectivity index (χ2n) is 8.38. The number of carbonyl (C=O) groups is 1. The topological polar surface area (TPSA) is 88.2 Å². The van der Waals surface area contributed by atoms with E-state index in [2.05, 4.69) is 30.8 Å². The zero-order valence-corrected chi connectivity index (χ0v) is 19.4. The van der Waals surface area contributed by atoms with Crippen molar-refractivity contribution in [3.63, 3.8) is 0 Å². The molecule has 0 aliphatic carbocycles. The van der Waals surface area contributed by atoms with E-state index >= 15 is 0 Å². The number of nitrogens with two attached hydrogens (primary N) is 1. The summed E-state index contributed by atoms with van der Waals surface area (Å²) in [5.74, 6) is 1.27. The van der Waals surface area contributed by atoms with E-state index in [-0.39, 0.29) is 13.2 Å². The summed E-state index contributed by atoms with van der Waals surface area (Å²) in [6, 6.07) is 13.7. The molecule has 0 amide bonds. The summed E-state index contributed by atoms with van der Waals surface area (Å²) < 4.78 is 0. The summed E-state index contributed by atoms with van der Waals surface area (Å²) in [6.07, 6.45) is 7.97. The van der Waals surface area contributed by atoms with Crippen molar-refractivity contribution in [1.29, 1.82) is 0 Å². The molecule has 1 aliphatic rings. The van der Waals surface area contributed by atoms with Crippen molar-refractivity contribution in [2.75, 3.05) is 41.7 Å². The van der Waals surface area contributed by atoms with E-state index in [1.807, 2.05) is 42.7 Å². The molecule has 7 nitrogen and oxygen atoms in total. The van der Waals surface area contributed by atoms with E-state index in [0.717, 1.165) is 48.3 Å². The van der Waals surface area contributed by atoms with Gasteiger partial charge in [-0.05, 0) is 41.6 Å². The second-order valence-corrected chi connectivity index (χ2v) is 8.79. The maximum Gasteiger partial charge on any atom is 0.164 e. The molecule has 0 atom stereocenters. The van der Waals surface area contributed by atoms with Gasteiger partial charge in [-0.25, -0.2) is 9.97 Å². The van der Waals surface area contributed by atoms with Crippen LogP contribution in [-0.4, -0.2) is 46.9 Å². The van der Waals surface area contributed by atoms with Gasteiger partial charge in [0, 0.05) is 74.0 Å². The Morgan fingerprint density at radius 1 is 0.943 bits per heavy atom. The molecule has 35 heavy (non-hydrogen) atoms. The highest BCUT2D eigenvalue weighted by molar-refractivity contribution is 6.33. The number of anilines is 3. The van der Waals surface area contributed by atoms with Crippen molar-refractivity contribution in [3.05, 3.63) is 83.4 Å². The Hall–Kier alpha value is -3.71. The number of carbonyl (C=O) groups excluding carboxylic acids is 1. The molecule has 1 aliphatic heterocycles. The number of hydrogen-bond acceptors (Lipinski definition) is 7. The fraction of sp³-hybridized carbons (Fsp3) is 0.259. The number of ketones is 1. The maximum atomic E-state index is 12.8. The van der Waals surface area contributed by atoms with Gasteiger partial charge < -0.3 is 15.5 Å². The Balaban J connectivity index is 0.00000289. The Kier molecular flexibility index (Phi) is 7.46. The molecule has 0 bridgehead atoms. The number of nitrogens with zero attached hydrogens (tertiary/aromatic N) is 5. The number of piperazine rings is 1.